The second kappa shape index (κ2) is 10.4. The molecule has 1 heterocycles. The highest BCUT2D eigenvalue weighted by molar-refractivity contribution is 8.18. The number of thioether (sulfide) groups is 1. The Kier molecular flexibility index (Phi) is 7.66. The third-order valence-corrected chi connectivity index (χ3v) is 5.71. The van der Waals surface area contributed by atoms with Crippen LogP contribution in [-0.4, -0.2) is 56.4 Å². The number of benzene rings is 2. The minimum absolute atomic E-state index is 0.0452. The first-order valence-electron chi connectivity index (χ1n) is 9.47. The number of nitrogens with zero attached hydrogens (tertiary/aromatic N) is 1. The van der Waals surface area contributed by atoms with E-state index in [9.17, 15) is 14.4 Å². The van der Waals surface area contributed by atoms with Gasteiger partial charge in [-0.1, -0.05) is 17.7 Å². The Morgan fingerprint density at radius 3 is 2.38 bits per heavy atom. The van der Waals surface area contributed by atoms with Gasteiger partial charge in [-0.2, -0.15) is 0 Å². The molecular weight excluding hydrogens is 456 g/mol. The second-order valence-corrected chi connectivity index (χ2v) is 7.99. The van der Waals surface area contributed by atoms with E-state index in [4.69, 9.17) is 25.8 Å². The number of hydrogen-bond acceptors (Lipinski definition) is 7. The summed E-state index contributed by atoms with van der Waals surface area (Å²) in [6, 6.07) is 9.86. The van der Waals surface area contributed by atoms with E-state index in [1.807, 2.05) is 0 Å². The van der Waals surface area contributed by atoms with Crippen molar-refractivity contribution in [2.45, 2.75) is 0 Å². The van der Waals surface area contributed by atoms with Gasteiger partial charge in [0.05, 0.1) is 26.2 Å². The molecule has 0 bridgehead atoms. The summed E-state index contributed by atoms with van der Waals surface area (Å²) in [7, 11) is 4.48. The quantitative estimate of drug-likeness (QED) is 0.578. The third-order valence-electron chi connectivity index (χ3n) is 4.57. The first-order valence-corrected chi connectivity index (χ1v) is 10.7. The molecule has 8 nitrogen and oxygen atoms in total. The minimum Gasteiger partial charge on any atom is -0.493 e. The highest BCUT2D eigenvalue weighted by Crippen LogP contribution is 2.40. The molecule has 0 aliphatic carbocycles. The number of methoxy groups -OCH3 is 3. The number of amides is 3. The molecule has 2 aromatic carbocycles. The molecule has 32 heavy (non-hydrogen) atoms. The van der Waals surface area contributed by atoms with Crippen molar-refractivity contribution in [1.29, 1.82) is 0 Å². The summed E-state index contributed by atoms with van der Waals surface area (Å²) in [5.74, 6) is 0.510. The summed E-state index contributed by atoms with van der Waals surface area (Å²) in [6.45, 7) is 0.157. The summed E-state index contributed by atoms with van der Waals surface area (Å²) in [6.07, 6.45) is 1.58. The van der Waals surface area contributed by atoms with E-state index in [1.54, 1.807) is 36.4 Å². The van der Waals surface area contributed by atoms with Crippen LogP contribution in [0.5, 0.6) is 17.2 Å². The van der Waals surface area contributed by atoms with Crippen LogP contribution < -0.4 is 19.5 Å². The number of hydrogen-bond donors (Lipinski definition) is 1. The van der Waals surface area contributed by atoms with E-state index in [-0.39, 0.29) is 23.9 Å². The summed E-state index contributed by atoms with van der Waals surface area (Å²) < 4.78 is 15.9. The van der Waals surface area contributed by atoms with Gasteiger partial charge in [0.25, 0.3) is 17.1 Å². The van der Waals surface area contributed by atoms with Gasteiger partial charge < -0.3 is 19.5 Å². The number of halogens is 1. The van der Waals surface area contributed by atoms with Gasteiger partial charge in [-0.3, -0.25) is 19.3 Å². The van der Waals surface area contributed by atoms with Crippen molar-refractivity contribution in [2.24, 2.45) is 0 Å². The van der Waals surface area contributed by atoms with Gasteiger partial charge in [0, 0.05) is 23.7 Å². The molecule has 0 radical (unpaired) electrons. The molecule has 168 valence electrons. The molecule has 3 amide bonds. The van der Waals surface area contributed by atoms with Crippen molar-refractivity contribution in [1.82, 2.24) is 10.2 Å². The number of rotatable bonds is 8. The van der Waals surface area contributed by atoms with Gasteiger partial charge in [-0.05, 0) is 53.7 Å². The maximum absolute atomic E-state index is 12.7. The van der Waals surface area contributed by atoms with Crippen LogP contribution in [0.2, 0.25) is 5.02 Å². The topological polar surface area (TPSA) is 94.2 Å². The van der Waals surface area contributed by atoms with Crippen molar-refractivity contribution in [3.05, 3.63) is 57.5 Å². The van der Waals surface area contributed by atoms with Crippen molar-refractivity contribution in [3.63, 3.8) is 0 Å². The van der Waals surface area contributed by atoms with Crippen LogP contribution in [0, 0.1) is 0 Å². The van der Waals surface area contributed by atoms with Crippen LogP contribution in [0.4, 0.5) is 4.79 Å². The van der Waals surface area contributed by atoms with E-state index in [0.717, 1.165) is 16.7 Å². The average Bonchev–Trinajstić information content (AvgIpc) is 3.05. The van der Waals surface area contributed by atoms with Gasteiger partial charge in [0.15, 0.2) is 11.5 Å². The Balaban J connectivity index is 1.69. The lowest BCUT2D eigenvalue weighted by Gasteiger charge is -2.13. The Bertz CT molecular complexity index is 1060. The summed E-state index contributed by atoms with van der Waals surface area (Å²) in [4.78, 5) is 38.6. The molecule has 1 aliphatic rings. The molecule has 3 rings (SSSR count). The van der Waals surface area contributed by atoms with E-state index < -0.39 is 11.1 Å². The molecule has 1 saturated heterocycles. The molecule has 0 atom stereocenters. The van der Waals surface area contributed by atoms with Crippen LogP contribution in [0.3, 0.4) is 0 Å². The highest BCUT2D eigenvalue weighted by Gasteiger charge is 2.34. The van der Waals surface area contributed by atoms with Crippen LogP contribution in [0.1, 0.15) is 15.9 Å². The fourth-order valence-electron chi connectivity index (χ4n) is 3.04. The molecule has 0 spiro atoms. The van der Waals surface area contributed by atoms with E-state index in [2.05, 4.69) is 5.32 Å². The standard InChI is InChI=1S/C22H21ClN2O6S/c1-29-16-9-13(10-17(30-2)19(16)31-3)11-18-21(27)25(22(28)32-18)8-7-24-20(26)14-5-4-6-15(23)12-14/h4-6,9-12H,7-8H2,1-3H3,(H,24,26). The predicted octanol–water partition coefficient (Wildman–Crippen LogP) is 3.83. The molecule has 1 fully saturated rings. The SMILES string of the molecule is COc1cc(C=C2SC(=O)N(CCNC(=O)c3cccc(Cl)c3)C2=O)cc(OC)c1OC. The first-order chi connectivity index (χ1) is 15.4. The maximum Gasteiger partial charge on any atom is 0.293 e. The number of carbonyl (C=O) groups is 3. The van der Waals surface area contributed by atoms with E-state index >= 15 is 0 Å². The van der Waals surface area contributed by atoms with Crippen LogP contribution in [0.15, 0.2) is 41.3 Å². The highest BCUT2D eigenvalue weighted by atomic mass is 35.5. The van der Waals surface area contributed by atoms with Gasteiger partial charge >= 0.3 is 0 Å². The number of imide groups is 1. The van der Waals surface area contributed by atoms with E-state index in [0.29, 0.717) is 33.4 Å². The predicted molar refractivity (Wildman–Crippen MR) is 123 cm³/mol. The Hall–Kier alpha value is -3.17. The normalized spacial score (nSPS) is 14.6. The van der Waals surface area contributed by atoms with Crippen LogP contribution >= 0.6 is 23.4 Å². The van der Waals surface area contributed by atoms with Crippen molar-refractivity contribution < 1.29 is 28.6 Å². The lowest BCUT2D eigenvalue weighted by Crippen LogP contribution is -2.37. The monoisotopic (exact) mass is 476 g/mol. The van der Waals surface area contributed by atoms with Crippen molar-refractivity contribution >= 4 is 46.5 Å². The van der Waals surface area contributed by atoms with Gasteiger partial charge in [0.1, 0.15) is 0 Å². The van der Waals surface area contributed by atoms with Crippen LogP contribution in [-0.2, 0) is 4.79 Å². The molecule has 0 aromatic heterocycles. The lowest BCUT2D eigenvalue weighted by atomic mass is 10.1. The average molecular weight is 477 g/mol. The summed E-state index contributed by atoms with van der Waals surface area (Å²) in [5.41, 5.74) is 1.01. The molecule has 1 aliphatic heterocycles. The zero-order chi connectivity index (χ0) is 23.3. The molecule has 2 aromatic rings. The van der Waals surface area contributed by atoms with Gasteiger partial charge in [-0.25, -0.2) is 0 Å². The van der Waals surface area contributed by atoms with Crippen molar-refractivity contribution in [3.8, 4) is 17.2 Å². The molecular formula is C22H21ClN2O6S. The molecule has 10 heteroatoms. The smallest absolute Gasteiger partial charge is 0.293 e. The summed E-state index contributed by atoms with van der Waals surface area (Å²) >= 11 is 6.72. The number of nitrogens with one attached hydrogen (secondary N) is 1. The summed E-state index contributed by atoms with van der Waals surface area (Å²) in [5, 5.41) is 2.72. The Morgan fingerprint density at radius 1 is 1.09 bits per heavy atom. The zero-order valence-corrected chi connectivity index (χ0v) is 19.2. The number of ether oxygens (including phenoxy) is 3. The first kappa shape index (κ1) is 23.5. The Morgan fingerprint density at radius 2 is 1.78 bits per heavy atom. The fourth-order valence-corrected chi connectivity index (χ4v) is 4.10. The lowest BCUT2D eigenvalue weighted by molar-refractivity contribution is -0.122. The molecule has 0 unspecified atom stereocenters. The second-order valence-electron chi connectivity index (χ2n) is 6.56. The zero-order valence-electron chi connectivity index (χ0n) is 17.6. The van der Waals surface area contributed by atoms with E-state index in [1.165, 1.54) is 27.4 Å². The fraction of sp³-hybridized carbons (Fsp3) is 0.227. The van der Waals surface area contributed by atoms with Crippen LogP contribution in [0.25, 0.3) is 6.08 Å². The minimum atomic E-state index is -0.439. The van der Waals surface area contributed by atoms with Gasteiger partial charge in [-0.15, -0.1) is 0 Å². The third kappa shape index (κ3) is 5.17. The molecule has 0 saturated carbocycles. The largest absolute Gasteiger partial charge is 0.493 e. The maximum atomic E-state index is 12.7. The number of carbonyl (C=O) groups excluding carboxylic acids is 3. The molecule has 1 N–H and O–H groups in total. The van der Waals surface area contributed by atoms with Gasteiger partial charge in [0.2, 0.25) is 5.75 Å². The Labute approximate surface area is 194 Å². The van der Waals surface area contributed by atoms with Crippen molar-refractivity contribution in [2.75, 3.05) is 34.4 Å².